The van der Waals surface area contributed by atoms with Crippen molar-refractivity contribution in [1.29, 1.82) is 0 Å². The number of morpholine rings is 1. The van der Waals surface area contributed by atoms with Crippen LogP contribution in [0.2, 0.25) is 0 Å². The predicted octanol–water partition coefficient (Wildman–Crippen LogP) is 3.81. The second kappa shape index (κ2) is 11.3. The van der Waals surface area contributed by atoms with Gasteiger partial charge in [-0.1, -0.05) is 12.1 Å². The number of nitrogens with zero attached hydrogens (tertiary/aromatic N) is 1. The quantitative estimate of drug-likeness (QED) is 0.305. The van der Waals surface area contributed by atoms with E-state index >= 15 is 0 Å². The number of fused-ring (bicyclic) bond motifs is 1. The third-order valence-electron chi connectivity index (χ3n) is 6.82. The van der Waals surface area contributed by atoms with E-state index in [1.807, 2.05) is 31.2 Å². The monoisotopic (exact) mass is 508 g/mol. The number of carbonyl (C=O) groups is 1. The van der Waals surface area contributed by atoms with Gasteiger partial charge in [-0.3, -0.25) is 9.78 Å². The highest BCUT2D eigenvalue weighted by Gasteiger charge is 2.30. The van der Waals surface area contributed by atoms with E-state index < -0.39 is 5.91 Å². The van der Waals surface area contributed by atoms with Crippen molar-refractivity contribution in [3.05, 3.63) is 53.2 Å². The molecule has 2 atom stereocenters. The second-order valence-corrected chi connectivity index (χ2v) is 9.77. The minimum absolute atomic E-state index is 0.0868. The van der Waals surface area contributed by atoms with Gasteiger partial charge < -0.3 is 35.7 Å². The molecule has 0 spiro atoms. The van der Waals surface area contributed by atoms with Crippen molar-refractivity contribution < 1.29 is 24.1 Å². The van der Waals surface area contributed by atoms with E-state index in [2.05, 4.69) is 29.5 Å². The maximum absolute atomic E-state index is 12.3. The molecule has 1 fully saturated rings. The first-order valence-electron chi connectivity index (χ1n) is 12.5. The molecule has 1 aromatic heterocycles. The molecule has 0 unspecified atom stereocenters. The maximum Gasteiger partial charge on any atom is 0.252 e. The molecular formula is C28H36N4O5. The molecular weight excluding hydrogens is 472 g/mol. The number of carbonyl (C=O) groups excluding carboxylic acids is 1. The van der Waals surface area contributed by atoms with Crippen LogP contribution in [0.15, 0.2) is 36.5 Å². The Balaban J connectivity index is 1.60. The zero-order valence-corrected chi connectivity index (χ0v) is 21.9. The summed E-state index contributed by atoms with van der Waals surface area (Å²) in [6.07, 6.45) is 3.33. The summed E-state index contributed by atoms with van der Waals surface area (Å²) in [7, 11) is 1.57. The van der Waals surface area contributed by atoms with Crippen LogP contribution in [-0.4, -0.2) is 54.5 Å². The van der Waals surface area contributed by atoms with Crippen LogP contribution in [0.5, 0.6) is 11.5 Å². The summed E-state index contributed by atoms with van der Waals surface area (Å²) in [5, 5.41) is 17.1. The molecule has 3 aromatic rings. The highest BCUT2D eigenvalue weighted by molar-refractivity contribution is 6.08. The van der Waals surface area contributed by atoms with Crippen molar-refractivity contribution in [2.45, 2.75) is 51.9 Å². The molecule has 9 nitrogen and oxygen atoms in total. The Hall–Kier alpha value is -3.40. The van der Waals surface area contributed by atoms with Crippen molar-refractivity contribution in [2.24, 2.45) is 5.73 Å². The number of primary amides is 1. The van der Waals surface area contributed by atoms with Crippen molar-refractivity contribution in [3.63, 3.8) is 0 Å². The first-order valence-corrected chi connectivity index (χ1v) is 12.5. The molecule has 0 bridgehead atoms. The summed E-state index contributed by atoms with van der Waals surface area (Å²) >= 11 is 0. The highest BCUT2D eigenvalue weighted by atomic mass is 16.5. The molecule has 1 saturated heterocycles. The number of aromatic nitrogens is 1. The third kappa shape index (κ3) is 5.95. The van der Waals surface area contributed by atoms with Crippen molar-refractivity contribution in [3.8, 4) is 11.5 Å². The van der Waals surface area contributed by atoms with Crippen LogP contribution in [0, 0.1) is 6.92 Å². The molecule has 1 aliphatic heterocycles. The molecule has 1 aliphatic rings. The van der Waals surface area contributed by atoms with Crippen LogP contribution in [-0.2, 0) is 11.3 Å². The smallest absolute Gasteiger partial charge is 0.252 e. The van der Waals surface area contributed by atoms with E-state index in [1.165, 1.54) is 6.20 Å². The highest BCUT2D eigenvalue weighted by Crippen LogP contribution is 2.38. The zero-order valence-electron chi connectivity index (χ0n) is 21.9. The predicted molar refractivity (Wildman–Crippen MR) is 144 cm³/mol. The molecule has 0 aliphatic carbocycles. The number of benzene rings is 2. The minimum atomic E-state index is -0.602. The van der Waals surface area contributed by atoms with Gasteiger partial charge in [0.25, 0.3) is 5.91 Å². The first-order chi connectivity index (χ1) is 17.7. The van der Waals surface area contributed by atoms with Gasteiger partial charge in [0.15, 0.2) is 11.5 Å². The molecule has 2 aromatic carbocycles. The van der Waals surface area contributed by atoms with Crippen LogP contribution in [0.1, 0.15) is 48.2 Å². The first kappa shape index (κ1) is 26.7. The van der Waals surface area contributed by atoms with Gasteiger partial charge in [-0.15, -0.1) is 0 Å². The number of hydrogen-bond donors (Lipinski definition) is 4. The van der Waals surface area contributed by atoms with E-state index in [-0.39, 0.29) is 23.9 Å². The Bertz CT molecular complexity index is 1280. The Morgan fingerprint density at radius 3 is 2.86 bits per heavy atom. The lowest BCUT2D eigenvalue weighted by Crippen LogP contribution is -2.51. The number of aliphatic hydroxyl groups excluding tert-OH is 1. The number of aliphatic hydroxyl groups is 1. The van der Waals surface area contributed by atoms with E-state index in [4.69, 9.17) is 19.9 Å². The molecule has 198 valence electrons. The second-order valence-electron chi connectivity index (χ2n) is 9.77. The molecule has 5 N–H and O–H groups in total. The Morgan fingerprint density at radius 1 is 1.35 bits per heavy atom. The van der Waals surface area contributed by atoms with Crippen molar-refractivity contribution in [1.82, 2.24) is 10.3 Å². The SMILES string of the molecule is COc1cc2c(Nc3cccc(CO)c3C)c(C(N)=O)cnc2cc1OCCC[C@]1(C)CNC[C@H](C)O1. The fourth-order valence-electron chi connectivity index (χ4n) is 4.80. The number of rotatable bonds is 10. The molecule has 4 rings (SSSR count). The van der Waals surface area contributed by atoms with Gasteiger partial charge >= 0.3 is 0 Å². The van der Waals surface area contributed by atoms with Crippen molar-refractivity contribution >= 4 is 28.2 Å². The molecule has 2 heterocycles. The van der Waals surface area contributed by atoms with Gasteiger partial charge in [0.2, 0.25) is 0 Å². The zero-order chi connectivity index (χ0) is 26.6. The summed E-state index contributed by atoms with van der Waals surface area (Å²) in [6.45, 7) is 8.20. The van der Waals surface area contributed by atoms with Crippen LogP contribution in [0.3, 0.4) is 0 Å². The normalized spacial score (nSPS) is 19.5. The average molecular weight is 509 g/mol. The van der Waals surface area contributed by atoms with Crippen LogP contribution < -0.4 is 25.8 Å². The number of methoxy groups -OCH3 is 1. The molecule has 0 radical (unpaired) electrons. The summed E-state index contributed by atoms with van der Waals surface area (Å²) in [6, 6.07) is 9.19. The number of nitrogens with two attached hydrogens (primary N) is 1. The number of anilines is 2. The fraction of sp³-hybridized carbons (Fsp3) is 0.429. The standard InChI is InChI=1S/C28H36N4O5/c1-17-13-30-16-28(3,37-17)9-6-10-36-25-12-23-20(11-24(25)35-4)26(21(14-31-23)27(29)34)32-22-8-5-7-19(15-33)18(22)2/h5,7-8,11-12,14,17,30,33H,6,9-10,13,15-16H2,1-4H3,(H2,29,34)(H,31,32)/t17-,28+/m0/s1. The van der Waals surface area contributed by atoms with Gasteiger partial charge in [-0.2, -0.15) is 0 Å². The fourth-order valence-corrected chi connectivity index (χ4v) is 4.80. The summed E-state index contributed by atoms with van der Waals surface area (Å²) in [5.41, 5.74) is 9.28. The van der Waals surface area contributed by atoms with Gasteiger partial charge in [0, 0.05) is 36.4 Å². The Morgan fingerprint density at radius 2 is 2.16 bits per heavy atom. The lowest BCUT2D eigenvalue weighted by atomic mass is 9.98. The molecule has 1 amide bonds. The largest absolute Gasteiger partial charge is 0.493 e. The van der Waals surface area contributed by atoms with Gasteiger partial charge in [0.1, 0.15) is 0 Å². The van der Waals surface area contributed by atoms with E-state index in [0.717, 1.165) is 42.7 Å². The number of ether oxygens (including phenoxy) is 3. The maximum atomic E-state index is 12.3. The third-order valence-corrected chi connectivity index (χ3v) is 6.82. The van der Waals surface area contributed by atoms with Gasteiger partial charge in [-0.25, -0.2) is 0 Å². The van der Waals surface area contributed by atoms with Gasteiger partial charge in [0.05, 0.1) is 48.8 Å². The summed E-state index contributed by atoms with van der Waals surface area (Å²) in [5.74, 6) is 0.490. The number of hydrogen-bond acceptors (Lipinski definition) is 8. The molecule has 0 saturated carbocycles. The summed E-state index contributed by atoms with van der Waals surface area (Å²) in [4.78, 5) is 16.7. The van der Waals surface area contributed by atoms with Gasteiger partial charge in [-0.05, 0) is 56.9 Å². The lowest BCUT2D eigenvalue weighted by molar-refractivity contribution is -0.103. The molecule has 37 heavy (non-hydrogen) atoms. The Labute approximate surface area is 217 Å². The van der Waals surface area contributed by atoms with Crippen LogP contribution >= 0.6 is 0 Å². The number of amides is 1. The lowest BCUT2D eigenvalue weighted by Gasteiger charge is -2.38. The molecule has 9 heteroatoms. The van der Waals surface area contributed by atoms with E-state index in [0.29, 0.717) is 34.7 Å². The van der Waals surface area contributed by atoms with Crippen molar-refractivity contribution in [2.75, 3.05) is 32.1 Å². The number of nitrogens with one attached hydrogen (secondary N) is 2. The van der Waals surface area contributed by atoms with Crippen LogP contribution in [0.4, 0.5) is 11.4 Å². The topological polar surface area (TPSA) is 128 Å². The average Bonchev–Trinajstić information content (AvgIpc) is 2.87. The Kier molecular flexibility index (Phi) is 8.16. The van der Waals surface area contributed by atoms with E-state index in [1.54, 1.807) is 13.2 Å². The number of pyridine rings is 1. The van der Waals surface area contributed by atoms with E-state index in [9.17, 15) is 9.90 Å². The summed E-state index contributed by atoms with van der Waals surface area (Å²) < 4.78 is 17.9. The minimum Gasteiger partial charge on any atom is -0.493 e. The van der Waals surface area contributed by atoms with Crippen LogP contribution in [0.25, 0.3) is 10.9 Å².